The Morgan fingerprint density at radius 3 is 2.85 bits per heavy atom. The van der Waals surface area contributed by atoms with Crippen molar-refractivity contribution in [2.45, 2.75) is 38.8 Å². The number of halogens is 2. The summed E-state index contributed by atoms with van der Waals surface area (Å²) >= 11 is 3.36. The van der Waals surface area contributed by atoms with Crippen LogP contribution in [0, 0.1) is 11.7 Å². The number of carbonyl (C=O) groups excluding carboxylic acids is 1. The molecule has 1 aliphatic heterocycles. The third-order valence-corrected chi connectivity index (χ3v) is 4.09. The molecule has 0 radical (unpaired) electrons. The molecule has 1 aliphatic rings. The molecule has 1 heterocycles. The molecule has 2 unspecified atom stereocenters. The molecule has 0 aromatic heterocycles. The van der Waals surface area contributed by atoms with Crippen LogP contribution in [-0.4, -0.2) is 23.4 Å². The summed E-state index contributed by atoms with van der Waals surface area (Å²) in [6, 6.07) is 4.19. The summed E-state index contributed by atoms with van der Waals surface area (Å²) in [6.45, 7) is 4.69. The van der Waals surface area contributed by atoms with Crippen molar-refractivity contribution in [3.63, 3.8) is 0 Å². The van der Waals surface area contributed by atoms with Gasteiger partial charge in [-0.1, -0.05) is 29.8 Å². The number of carbonyl (C=O) groups is 1. The Balaban J connectivity index is 2.41. The maximum Gasteiger partial charge on any atom is 0.223 e. The highest BCUT2D eigenvalue weighted by Gasteiger charge is 2.36. The van der Waals surface area contributed by atoms with Gasteiger partial charge in [-0.05, 0) is 30.5 Å². The van der Waals surface area contributed by atoms with E-state index < -0.39 is 0 Å². The molecule has 1 aromatic carbocycles. The lowest BCUT2D eigenvalue weighted by Gasteiger charge is -2.41. The Bertz CT molecular complexity index is 507. The Hall–Kier alpha value is -0.940. The van der Waals surface area contributed by atoms with Gasteiger partial charge in [0.2, 0.25) is 5.91 Å². The molecular weight excluding hydrogens is 323 g/mol. The Morgan fingerprint density at radius 1 is 1.50 bits per heavy atom. The third kappa shape index (κ3) is 3.20. The normalized spacial score (nSPS) is 23.5. The van der Waals surface area contributed by atoms with E-state index in [-0.39, 0.29) is 23.8 Å². The average Bonchev–Trinajstić information content (AvgIpc) is 2.37. The minimum Gasteiger partial charge on any atom is -0.334 e. The Labute approximate surface area is 127 Å². The van der Waals surface area contributed by atoms with E-state index in [4.69, 9.17) is 5.73 Å². The number of likely N-dealkylation sites (tertiary alicyclic amines) is 1. The molecule has 0 bridgehead atoms. The van der Waals surface area contributed by atoms with Crippen LogP contribution in [-0.2, 0) is 4.79 Å². The van der Waals surface area contributed by atoms with Crippen LogP contribution < -0.4 is 5.73 Å². The van der Waals surface area contributed by atoms with E-state index in [1.807, 2.05) is 13.8 Å². The SMILES string of the molecule is CC(C)CN1C(=O)CCC(N)C1c1cc(Br)ccc1F. The molecule has 1 aromatic rings. The lowest BCUT2D eigenvalue weighted by Crippen LogP contribution is -2.50. The quantitative estimate of drug-likeness (QED) is 0.916. The number of hydrogen-bond donors (Lipinski definition) is 1. The van der Waals surface area contributed by atoms with Crippen molar-refractivity contribution >= 4 is 21.8 Å². The van der Waals surface area contributed by atoms with Crippen LogP contribution >= 0.6 is 15.9 Å². The molecule has 2 rings (SSSR count). The largest absolute Gasteiger partial charge is 0.334 e. The number of hydrogen-bond acceptors (Lipinski definition) is 2. The lowest BCUT2D eigenvalue weighted by atomic mass is 9.89. The first-order valence-electron chi connectivity index (χ1n) is 6.90. The van der Waals surface area contributed by atoms with Crippen molar-refractivity contribution in [3.05, 3.63) is 34.1 Å². The molecule has 0 aliphatic carbocycles. The minimum absolute atomic E-state index is 0.0600. The van der Waals surface area contributed by atoms with Crippen molar-refractivity contribution < 1.29 is 9.18 Å². The number of benzene rings is 1. The molecule has 5 heteroatoms. The van der Waals surface area contributed by atoms with E-state index >= 15 is 0 Å². The van der Waals surface area contributed by atoms with Gasteiger partial charge in [-0.15, -0.1) is 0 Å². The number of nitrogens with two attached hydrogens (primary N) is 1. The molecule has 3 nitrogen and oxygen atoms in total. The van der Waals surface area contributed by atoms with Gasteiger partial charge in [0.15, 0.2) is 0 Å². The van der Waals surface area contributed by atoms with Gasteiger partial charge in [0, 0.05) is 29.0 Å². The topological polar surface area (TPSA) is 46.3 Å². The maximum atomic E-state index is 14.2. The molecule has 1 amide bonds. The maximum absolute atomic E-state index is 14.2. The van der Waals surface area contributed by atoms with E-state index in [9.17, 15) is 9.18 Å². The van der Waals surface area contributed by atoms with Crippen LogP contribution in [0.3, 0.4) is 0 Å². The van der Waals surface area contributed by atoms with Gasteiger partial charge in [0.1, 0.15) is 5.82 Å². The molecule has 1 saturated heterocycles. The van der Waals surface area contributed by atoms with Gasteiger partial charge in [-0.3, -0.25) is 4.79 Å². The van der Waals surface area contributed by atoms with E-state index in [1.54, 1.807) is 17.0 Å². The highest BCUT2D eigenvalue weighted by molar-refractivity contribution is 9.10. The fraction of sp³-hybridized carbons (Fsp3) is 0.533. The molecule has 0 saturated carbocycles. The highest BCUT2D eigenvalue weighted by Crippen LogP contribution is 2.34. The van der Waals surface area contributed by atoms with E-state index in [1.165, 1.54) is 6.07 Å². The van der Waals surface area contributed by atoms with Crippen LogP contribution in [0.15, 0.2) is 22.7 Å². The number of piperidine rings is 1. The van der Waals surface area contributed by atoms with Crippen molar-refractivity contribution in [3.8, 4) is 0 Å². The monoisotopic (exact) mass is 342 g/mol. The van der Waals surface area contributed by atoms with Crippen LogP contribution in [0.1, 0.15) is 38.3 Å². The van der Waals surface area contributed by atoms with Crippen molar-refractivity contribution in [1.29, 1.82) is 0 Å². The average molecular weight is 343 g/mol. The molecule has 2 atom stereocenters. The molecule has 0 spiro atoms. The molecular formula is C15H20BrFN2O. The standard InChI is InChI=1S/C15H20BrFN2O/c1-9(2)8-19-14(20)6-5-13(18)15(19)11-7-10(16)3-4-12(11)17/h3-4,7,9,13,15H,5-6,8,18H2,1-2H3. The lowest BCUT2D eigenvalue weighted by molar-refractivity contribution is -0.138. The smallest absolute Gasteiger partial charge is 0.223 e. The van der Waals surface area contributed by atoms with E-state index in [0.29, 0.717) is 30.9 Å². The molecule has 1 fully saturated rings. The Morgan fingerprint density at radius 2 is 2.20 bits per heavy atom. The van der Waals surface area contributed by atoms with E-state index in [2.05, 4.69) is 15.9 Å². The van der Waals surface area contributed by atoms with Crippen molar-refractivity contribution in [2.24, 2.45) is 11.7 Å². The van der Waals surface area contributed by atoms with Crippen LogP contribution in [0.4, 0.5) is 4.39 Å². The molecule has 20 heavy (non-hydrogen) atoms. The first-order chi connectivity index (χ1) is 9.40. The summed E-state index contributed by atoms with van der Waals surface area (Å²) in [5, 5.41) is 0. The molecule has 110 valence electrons. The highest BCUT2D eigenvalue weighted by atomic mass is 79.9. The number of rotatable bonds is 3. The van der Waals surface area contributed by atoms with Gasteiger partial charge in [0.25, 0.3) is 0 Å². The second kappa shape index (κ2) is 6.22. The predicted octanol–water partition coefficient (Wildman–Crippen LogP) is 3.24. The van der Waals surface area contributed by atoms with Crippen LogP contribution in [0.25, 0.3) is 0 Å². The fourth-order valence-electron chi connectivity index (χ4n) is 2.73. The van der Waals surface area contributed by atoms with Crippen molar-refractivity contribution in [1.82, 2.24) is 4.90 Å². The zero-order valence-corrected chi connectivity index (χ0v) is 13.4. The minimum atomic E-state index is -0.379. The Kier molecular flexibility index (Phi) is 4.81. The summed E-state index contributed by atoms with van der Waals surface area (Å²) in [5.41, 5.74) is 6.68. The second-order valence-electron chi connectivity index (χ2n) is 5.75. The zero-order valence-electron chi connectivity index (χ0n) is 11.8. The summed E-state index contributed by atoms with van der Waals surface area (Å²) in [6.07, 6.45) is 1.05. The van der Waals surface area contributed by atoms with Crippen LogP contribution in [0.2, 0.25) is 0 Å². The van der Waals surface area contributed by atoms with Crippen molar-refractivity contribution in [2.75, 3.05) is 6.54 Å². The van der Waals surface area contributed by atoms with Crippen LogP contribution in [0.5, 0.6) is 0 Å². The number of nitrogens with zero attached hydrogens (tertiary/aromatic N) is 1. The van der Waals surface area contributed by atoms with Gasteiger partial charge in [-0.2, -0.15) is 0 Å². The second-order valence-corrected chi connectivity index (χ2v) is 6.67. The van der Waals surface area contributed by atoms with Gasteiger partial charge < -0.3 is 10.6 Å². The third-order valence-electron chi connectivity index (χ3n) is 3.59. The summed E-state index contributed by atoms with van der Waals surface area (Å²) in [4.78, 5) is 13.9. The zero-order chi connectivity index (χ0) is 14.9. The first kappa shape index (κ1) is 15.4. The van der Waals surface area contributed by atoms with Gasteiger partial charge in [0.05, 0.1) is 6.04 Å². The summed E-state index contributed by atoms with van der Waals surface area (Å²) in [7, 11) is 0. The first-order valence-corrected chi connectivity index (χ1v) is 7.69. The van der Waals surface area contributed by atoms with Gasteiger partial charge in [-0.25, -0.2) is 4.39 Å². The summed E-state index contributed by atoms with van der Waals surface area (Å²) in [5.74, 6) is 0.0730. The van der Waals surface area contributed by atoms with Gasteiger partial charge >= 0.3 is 0 Å². The fourth-order valence-corrected chi connectivity index (χ4v) is 3.11. The number of amides is 1. The summed E-state index contributed by atoms with van der Waals surface area (Å²) < 4.78 is 14.9. The molecule has 2 N–H and O–H groups in total. The van der Waals surface area contributed by atoms with E-state index in [0.717, 1.165) is 4.47 Å². The predicted molar refractivity (Wildman–Crippen MR) is 80.6 cm³/mol.